The van der Waals surface area contributed by atoms with Crippen LogP contribution >= 0.6 is 0 Å². The Morgan fingerprint density at radius 2 is 1.89 bits per heavy atom. The number of carbonyl (C=O) groups excluding carboxylic acids is 2. The van der Waals surface area contributed by atoms with Gasteiger partial charge in [-0.25, -0.2) is 18.3 Å². The minimum Gasteiger partial charge on any atom is -0.270 e. The number of urea groups is 1. The normalized spacial score (nSPS) is 18.7. The number of halogens is 1. The second kappa shape index (κ2) is 6.25. The van der Waals surface area contributed by atoms with E-state index in [0.717, 1.165) is 16.3 Å². The van der Waals surface area contributed by atoms with Crippen molar-refractivity contribution in [3.05, 3.63) is 47.0 Å². The molecular weight excluding hydrogens is 361 g/mol. The summed E-state index contributed by atoms with van der Waals surface area (Å²) in [6.07, 6.45) is 0. The summed E-state index contributed by atoms with van der Waals surface area (Å²) in [5.74, 6) is 0.235. The van der Waals surface area contributed by atoms with Crippen LogP contribution in [0.2, 0.25) is 0 Å². The predicted octanol–water partition coefficient (Wildman–Crippen LogP) is 2.79. The van der Waals surface area contributed by atoms with Gasteiger partial charge in [0.15, 0.2) is 0 Å². The lowest BCUT2D eigenvalue weighted by Gasteiger charge is -2.33. The van der Waals surface area contributed by atoms with Crippen molar-refractivity contribution >= 4 is 23.7 Å². The summed E-state index contributed by atoms with van der Waals surface area (Å²) in [6.45, 7) is 7.93. The van der Waals surface area contributed by atoms with Gasteiger partial charge in [0.05, 0.1) is 12.6 Å². The van der Waals surface area contributed by atoms with Crippen molar-refractivity contribution in [1.82, 2.24) is 14.4 Å². The van der Waals surface area contributed by atoms with E-state index >= 15 is 0 Å². The highest BCUT2D eigenvalue weighted by Gasteiger charge is 2.54. The fraction of sp³-hybridized carbons (Fsp3) is 0.400. The molecule has 1 fully saturated rings. The van der Waals surface area contributed by atoms with Crippen LogP contribution in [0.4, 0.5) is 15.1 Å². The average molecular weight is 384 g/mol. The molecule has 146 valence electrons. The van der Waals surface area contributed by atoms with E-state index in [0.29, 0.717) is 17.3 Å². The second-order valence-corrected chi connectivity index (χ2v) is 7.53. The number of imidazole rings is 1. The third kappa shape index (κ3) is 2.40. The first-order valence-corrected chi connectivity index (χ1v) is 9.28. The minimum atomic E-state index is -0.719. The molecule has 0 aliphatic carbocycles. The molecule has 4 rings (SSSR count). The summed E-state index contributed by atoms with van der Waals surface area (Å²) in [5, 5.41) is 0. The van der Waals surface area contributed by atoms with Crippen molar-refractivity contribution < 1.29 is 18.5 Å². The Bertz CT molecular complexity index is 1040. The van der Waals surface area contributed by atoms with Crippen molar-refractivity contribution in [2.75, 3.05) is 7.05 Å². The zero-order chi connectivity index (χ0) is 20.3. The number of fused-ring (bicyclic) bond motifs is 3. The van der Waals surface area contributed by atoms with E-state index in [1.165, 1.54) is 11.0 Å². The van der Waals surface area contributed by atoms with Crippen molar-refractivity contribution in [3.63, 3.8) is 0 Å². The zero-order valence-electron chi connectivity index (χ0n) is 16.6. The highest BCUT2D eigenvalue weighted by atomic mass is 19.1. The summed E-state index contributed by atoms with van der Waals surface area (Å²) < 4.78 is 18.1. The van der Waals surface area contributed by atoms with Gasteiger partial charge in [0.1, 0.15) is 17.2 Å². The van der Waals surface area contributed by atoms with Gasteiger partial charge in [0, 0.05) is 12.6 Å². The molecule has 28 heavy (non-hydrogen) atoms. The Balaban J connectivity index is 1.80. The maximum Gasteiger partial charge on any atom is 0.402 e. The van der Waals surface area contributed by atoms with E-state index < -0.39 is 23.8 Å². The van der Waals surface area contributed by atoms with Crippen LogP contribution in [0, 0.1) is 19.7 Å². The summed E-state index contributed by atoms with van der Waals surface area (Å²) >= 11 is 0. The molecule has 3 heterocycles. The fourth-order valence-corrected chi connectivity index (χ4v) is 4.02. The lowest BCUT2D eigenvalue weighted by molar-refractivity contribution is -0.683. The Labute approximate surface area is 162 Å². The van der Waals surface area contributed by atoms with E-state index in [9.17, 15) is 14.0 Å². The van der Waals surface area contributed by atoms with Crippen LogP contribution in [-0.2, 0) is 11.3 Å². The van der Waals surface area contributed by atoms with Crippen molar-refractivity contribution in [2.45, 2.75) is 46.3 Å². The number of aromatic nitrogens is 2. The predicted molar refractivity (Wildman–Crippen MR) is 101 cm³/mol. The summed E-state index contributed by atoms with van der Waals surface area (Å²) in [6, 6.07) is 5.11. The quantitative estimate of drug-likeness (QED) is 0.764. The highest BCUT2D eigenvalue weighted by Crippen LogP contribution is 2.33. The standard InChI is InChI=1S/C20H23FN5O2/c1-11(2)25-12(3)13(4)26-16-17(22-19(25)26)23(5)20(28)24(18(16)27)10-14-8-6-7-9-15(14)21/h6-9,11,16H,10H2,1-5H3/q+1. The number of likely N-dealkylation sites (N-methyl/N-ethyl adjacent to an activating group) is 1. The Morgan fingerprint density at radius 1 is 1.21 bits per heavy atom. The number of imide groups is 1. The number of benzene rings is 1. The minimum absolute atomic E-state index is 0.114. The molecule has 0 spiro atoms. The van der Waals surface area contributed by atoms with Gasteiger partial charge < -0.3 is 0 Å². The molecule has 0 radical (unpaired) electrons. The Morgan fingerprint density at radius 3 is 2.54 bits per heavy atom. The van der Waals surface area contributed by atoms with Gasteiger partial charge in [-0.15, -0.1) is 0 Å². The molecule has 0 N–H and O–H groups in total. The van der Waals surface area contributed by atoms with Gasteiger partial charge in [0.2, 0.25) is 11.9 Å². The molecule has 0 saturated carbocycles. The van der Waals surface area contributed by atoms with Gasteiger partial charge >= 0.3 is 12.0 Å². The molecule has 2 aromatic rings. The SMILES string of the molecule is Cc1c(C)[n+]2c(n1C(C)C)N=C1C2C(=O)N(Cc2ccccc2F)C(=O)N1C. The van der Waals surface area contributed by atoms with Crippen molar-refractivity contribution in [2.24, 2.45) is 4.99 Å². The molecule has 7 nitrogen and oxygen atoms in total. The Hall–Kier alpha value is -3.03. The van der Waals surface area contributed by atoms with Crippen molar-refractivity contribution in [3.8, 4) is 0 Å². The number of hydrogen-bond donors (Lipinski definition) is 0. The Kier molecular flexibility index (Phi) is 4.10. The van der Waals surface area contributed by atoms with Gasteiger partial charge in [-0.05, 0) is 33.8 Å². The first-order valence-electron chi connectivity index (χ1n) is 9.28. The van der Waals surface area contributed by atoms with Crippen LogP contribution in [0.5, 0.6) is 0 Å². The molecule has 0 bridgehead atoms. The monoisotopic (exact) mass is 384 g/mol. The molecular formula is C20H23FN5O2+. The van der Waals surface area contributed by atoms with Gasteiger partial charge in [0.25, 0.3) is 5.91 Å². The topological polar surface area (TPSA) is 61.8 Å². The van der Waals surface area contributed by atoms with Gasteiger partial charge in [-0.2, -0.15) is 0 Å². The summed E-state index contributed by atoms with van der Waals surface area (Å²) in [7, 11) is 1.60. The highest BCUT2D eigenvalue weighted by molar-refractivity contribution is 6.19. The fourth-order valence-electron chi connectivity index (χ4n) is 4.02. The number of amides is 3. The van der Waals surface area contributed by atoms with Crippen LogP contribution in [0.25, 0.3) is 0 Å². The number of hydrogen-bond acceptors (Lipinski definition) is 3. The molecule has 1 aromatic heterocycles. The largest absolute Gasteiger partial charge is 0.402 e. The number of rotatable bonds is 3. The molecule has 2 aliphatic heterocycles. The second-order valence-electron chi connectivity index (χ2n) is 7.53. The van der Waals surface area contributed by atoms with Gasteiger partial charge in [-0.1, -0.05) is 23.2 Å². The third-order valence-electron chi connectivity index (χ3n) is 5.56. The van der Waals surface area contributed by atoms with Crippen molar-refractivity contribution in [1.29, 1.82) is 0 Å². The summed E-state index contributed by atoms with van der Waals surface area (Å²) in [5.41, 5.74) is 2.25. The lowest BCUT2D eigenvalue weighted by atomic mass is 10.1. The smallest absolute Gasteiger partial charge is 0.270 e. The van der Waals surface area contributed by atoms with Crippen LogP contribution in [0.15, 0.2) is 29.3 Å². The maximum atomic E-state index is 14.1. The van der Waals surface area contributed by atoms with Crippen LogP contribution < -0.4 is 4.57 Å². The summed E-state index contributed by atoms with van der Waals surface area (Å²) in [4.78, 5) is 33.3. The van der Waals surface area contributed by atoms with Crippen LogP contribution in [-0.4, -0.2) is 39.2 Å². The zero-order valence-corrected chi connectivity index (χ0v) is 16.6. The molecule has 8 heteroatoms. The van der Waals surface area contributed by atoms with Gasteiger partial charge in [-0.3, -0.25) is 14.6 Å². The molecule has 1 atom stereocenters. The van der Waals surface area contributed by atoms with Crippen LogP contribution in [0.1, 0.15) is 42.9 Å². The first kappa shape index (κ1) is 18.3. The lowest BCUT2D eigenvalue weighted by Crippen LogP contribution is -2.63. The molecule has 1 saturated heterocycles. The number of amidine groups is 1. The van der Waals surface area contributed by atoms with E-state index in [1.807, 2.05) is 18.4 Å². The maximum absolute atomic E-state index is 14.1. The first-order chi connectivity index (χ1) is 13.2. The van der Waals surface area contributed by atoms with E-state index in [-0.39, 0.29) is 12.6 Å². The molecule has 1 unspecified atom stereocenters. The van der Waals surface area contributed by atoms with E-state index in [1.54, 1.807) is 25.2 Å². The molecule has 2 aliphatic rings. The number of nitrogens with zero attached hydrogens (tertiary/aromatic N) is 5. The number of aliphatic imine (C=N–C) groups is 1. The third-order valence-corrected chi connectivity index (χ3v) is 5.56. The van der Waals surface area contributed by atoms with Crippen LogP contribution in [0.3, 0.4) is 0 Å². The molecule has 1 aromatic carbocycles. The molecule has 3 amide bonds. The van der Waals surface area contributed by atoms with E-state index in [4.69, 9.17) is 0 Å². The average Bonchev–Trinajstić information content (AvgIpc) is 3.14. The number of carbonyl (C=O) groups is 2. The van der Waals surface area contributed by atoms with E-state index in [2.05, 4.69) is 23.4 Å².